The fourth-order valence-corrected chi connectivity index (χ4v) is 5.81. The molecule has 1 aliphatic rings. The van der Waals surface area contributed by atoms with Crippen LogP contribution in [-0.2, 0) is 26.0 Å². The summed E-state index contributed by atoms with van der Waals surface area (Å²) in [7, 11) is -3.55. The van der Waals surface area contributed by atoms with Gasteiger partial charge in [0.25, 0.3) is 0 Å². The molecule has 1 aliphatic carbocycles. The lowest BCUT2D eigenvalue weighted by molar-refractivity contribution is -0.140. The van der Waals surface area contributed by atoms with Gasteiger partial charge in [0.15, 0.2) is 0 Å². The summed E-state index contributed by atoms with van der Waals surface area (Å²) >= 11 is 0. The first kappa shape index (κ1) is 29.5. The highest BCUT2D eigenvalue weighted by Gasteiger charge is 2.28. The maximum Gasteiger partial charge on any atom is 0.242 e. The van der Waals surface area contributed by atoms with Crippen LogP contribution in [0.3, 0.4) is 0 Å². The Morgan fingerprint density at radius 1 is 1.03 bits per heavy atom. The van der Waals surface area contributed by atoms with Crippen molar-refractivity contribution < 1.29 is 22.7 Å². The SMILES string of the molecule is CCOc1ccc(N(CCCC(=O)N(CCc2ccccc2)[C@H](C)C(=O)NC2CCCC2)S(C)(=O)=O)cc1. The molecule has 2 amide bonds. The van der Waals surface area contributed by atoms with E-state index in [0.717, 1.165) is 37.5 Å². The lowest BCUT2D eigenvalue weighted by Gasteiger charge is -2.30. The summed E-state index contributed by atoms with van der Waals surface area (Å²) in [5.74, 6) is 0.374. The molecular formula is C29H41N3O5S. The third-order valence-corrected chi connectivity index (χ3v) is 8.14. The first-order valence-electron chi connectivity index (χ1n) is 13.5. The zero-order chi connectivity index (χ0) is 27.5. The van der Waals surface area contributed by atoms with Crippen LogP contribution in [0, 0.1) is 0 Å². The van der Waals surface area contributed by atoms with E-state index >= 15 is 0 Å². The van der Waals surface area contributed by atoms with Crippen molar-refractivity contribution in [2.45, 2.75) is 70.9 Å². The number of amides is 2. The number of carbonyl (C=O) groups is 2. The summed E-state index contributed by atoms with van der Waals surface area (Å²) in [5.41, 5.74) is 1.61. The van der Waals surface area contributed by atoms with E-state index in [4.69, 9.17) is 4.74 Å². The molecule has 0 unspecified atom stereocenters. The maximum atomic E-state index is 13.4. The fourth-order valence-electron chi connectivity index (χ4n) is 4.84. The number of hydrogen-bond donors (Lipinski definition) is 1. The van der Waals surface area contributed by atoms with E-state index in [1.165, 1.54) is 4.31 Å². The quantitative estimate of drug-likeness (QED) is 0.386. The molecule has 1 atom stereocenters. The summed E-state index contributed by atoms with van der Waals surface area (Å²) in [6.45, 7) is 4.76. The second-order valence-corrected chi connectivity index (χ2v) is 11.8. The van der Waals surface area contributed by atoms with Crippen molar-refractivity contribution in [1.82, 2.24) is 10.2 Å². The smallest absolute Gasteiger partial charge is 0.242 e. The first-order chi connectivity index (χ1) is 18.2. The Bertz CT molecular complexity index is 1130. The Morgan fingerprint density at radius 2 is 1.68 bits per heavy atom. The number of sulfonamides is 1. The number of ether oxygens (including phenoxy) is 1. The third kappa shape index (κ3) is 8.75. The predicted octanol–water partition coefficient (Wildman–Crippen LogP) is 4.15. The Morgan fingerprint density at radius 3 is 2.29 bits per heavy atom. The average Bonchev–Trinajstić information content (AvgIpc) is 3.40. The van der Waals surface area contributed by atoms with Crippen LogP contribution in [0.25, 0.3) is 0 Å². The number of carbonyl (C=O) groups excluding carboxylic acids is 2. The summed E-state index contributed by atoms with van der Waals surface area (Å²) < 4.78 is 31.8. The van der Waals surface area contributed by atoms with Crippen LogP contribution in [-0.4, -0.2) is 63.2 Å². The molecule has 1 N–H and O–H groups in total. The van der Waals surface area contributed by atoms with Crippen LogP contribution in [0.2, 0.25) is 0 Å². The molecule has 0 bridgehead atoms. The number of anilines is 1. The molecule has 8 nitrogen and oxygen atoms in total. The molecule has 0 saturated heterocycles. The van der Waals surface area contributed by atoms with Gasteiger partial charge < -0.3 is 15.0 Å². The van der Waals surface area contributed by atoms with E-state index in [1.54, 1.807) is 36.1 Å². The zero-order valence-corrected chi connectivity index (χ0v) is 23.6. The van der Waals surface area contributed by atoms with Crippen LogP contribution < -0.4 is 14.4 Å². The summed E-state index contributed by atoms with van der Waals surface area (Å²) in [4.78, 5) is 28.1. The van der Waals surface area contributed by atoms with Gasteiger partial charge in [0.05, 0.1) is 18.6 Å². The van der Waals surface area contributed by atoms with Crippen LogP contribution in [0.1, 0.15) is 57.9 Å². The average molecular weight is 544 g/mol. The molecule has 1 fully saturated rings. The van der Waals surface area contributed by atoms with E-state index in [0.29, 0.717) is 37.4 Å². The van der Waals surface area contributed by atoms with E-state index < -0.39 is 16.1 Å². The van der Waals surface area contributed by atoms with Gasteiger partial charge in [0.2, 0.25) is 21.8 Å². The second kappa shape index (κ2) is 14.2. The van der Waals surface area contributed by atoms with Gasteiger partial charge in [-0.25, -0.2) is 8.42 Å². The Labute approximate surface area is 227 Å². The second-order valence-electron chi connectivity index (χ2n) is 9.85. The van der Waals surface area contributed by atoms with Crippen molar-refractivity contribution in [1.29, 1.82) is 0 Å². The van der Waals surface area contributed by atoms with Gasteiger partial charge >= 0.3 is 0 Å². The minimum Gasteiger partial charge on any atom is -0.494 e. The molecular weight excluding hydrogens is 502 g/mol. The Balaban J connectivity index is 1.66. The molecule has 0 aliphatic heterocycles. The normalized spacial score (nSPS) is 14.6. The molecule has 38 heavy (non-hydrogen) atoms. The lowest BCUT2D eigenvalue weighted by atomic mass is 10.1. The highest BCUT2D eigenvalue weighted by Crippen LogP contribution is 2.23. The molecule has 208 valence electrons. The molecule has 0 aromatic heterocycles. The van der Waals surface area contributed by atoms with Crippen molar-refractivity contribution in [3.8, 4) is 5.75 Å². The molecule has 3 rings (SSSR count). The van der Waals surface area contributed by atoms with Crippen LogP contribution in [0.4, 0.5) is 5.69 Å². The molecule has 2 aromatic rings. The zero-order valence-electron chi connectivity index (χ0n) is 22.8. The Hall–Kier alpha value is -3.07. The van der Waals surface area contributed by atoms with E-state index in [-0.39, 0.29) is 30.8 Å². The molecule has 9 heteroatoms. The van der Waals surface area contributed by atoms with Gasteiger partial charge in [-0.1, -0.05) is 43.2 Å². The first-order valence-corrected chi connectivity index (χ1v) is 15.4. The number of nitrogens with zero attached hydrogens (tertiary/aromatic N) is 2. The fraction of sp³-hybridized carbons (Fsp3) is 0.517. The molecule has 0 heterocycles. The van der Waals surface area contributed by atoms with Crippen LogP contribution in [0.5, 0.6) is 5.75 Å². The molecule has 1 saturated carbocycles. The van der Waals surface area contributed by atoms with E-state index in [1.807, 2.05) is 37.3 Å². The van der Waals surface area contributed by atoms with Crippen molar-refractivity contribution in [2.24, 2.45) is 0 Å². The third-order valence-electron chi connectivity index (χ3n) is 6.94. The minimum atomic E-state index is -3.55. The minimum absolute atomic E-state index is 0.134. The highest BCUT2D eigenvalue weighted by atomic mass is 32.2. The maximum absolute atomic E-state index is 13.4. The number of nitrogens with one attached hydrogen (secondary N) is 1. The standard InChI is InChI=1S/C29H41N3O5S/c1-4-37-27-18-16-26(17-19-27)32(38(3,35)36)21-10-15-28(33)31(22-20-24-11-6-5-7-12-24)23(2)29(34)30-25-13-8-9-14-25/h5-7,11-12,16-19,23,25H,4,8-10,13-15,20-22H2,1-3H3,(H,30,34)/t23-/m1/s1. The van der Waals surface area contributed by atoms with Gasteiger partial charge in [-0.15, -0.1) is 0 Å². The molecule has 2 aromatic carbocycles. The summed E-state index contributed by atoms with van der Waals surface area (Å²) in [6.07, 6.45) is 6.44. The molecule has 0 radical (unpaired) electrons. The predicted molar refractivity (Wildman–Crippen MR) is 151 cm³/mol. The van der Waals surface area contributed by atoms with Gasteiger partial charge in [0, 0.05) is 25.6 Å². The Kier molecular flexibility index (Phi) is 11.0. The van der Waals surface area contributed by atoms with Crippen LogP contribution in [0.15, 0.2) is 54.6 Å². The summed E-state index contributed by atoms with van der Waals surface area (Å²) in [5, 5.41) is 3.11. The lowest BCUT2D eigenvalue weighted by Crippen LogP contribution is -2.50. The topological polar surface area (TPSA) is 96.0 Å². The van der Waals surface area contributed by atoms with Crippen molar-refractivity contribution >= 4 is 27.5 Å². The van der Waals surface area contributed by atoms with Crippen molar-refractivity contribution in [3.05, 3.63) is 60.2 Å². The number of rotatable bonds is 14. The highest BCUT2D eigenvalue weighted by molar-refractivity contribution is 7.92. The van der Waals surface area contributed by atoms with Crippen molar-refractivity contribution in [3.63, 3.8) is 0 Å². The largest absolute Gasteiger partial charge is 0.494 e. The number of hydrogen-bond acceptors (Lipinski definition) is 5. The van der Waals surface area contributed by atoms with Gasteiger partial charge in [-0.2, -0.15) is 0 Å². The van der Waals surface area contributed by atoms with E-state index in [9.17, 15) is 18.0 Å². The monoisotopic (exact) mass is 543 g/mol. The van der Waals surface area contributed by atoms with E-state index in [2.05, 4.69) is 5.32 Å². The van der Waals surface area contributed by atoms with Crippen LogP contribution >= 0.6 is 0 Å². The molecule has 0 spiro atoms. The summed E-state index contributed by atoms with van der Waals surface area (Å²) in [6, 6.07) is 16.3. The number of benzene rings is 2. The van der Waals surface area contributed by atoms with Crippen molar-refractivity contribution in [2.75, 3.05) is 30.3 Å². The van der Waals surface area contributed by atoms with Gasteiger partial charge in [-0.05, 0) is 69.4 Å². The van der Waals surface area contributed by atoms with Gasteiger partial charge in [0.1, 0.15) is 11.8 Å². The van der Waals surface area contributed by atoms with Gasteiger partial charge in [-0.3, -0.25) is 13.9 Å².